The molecule has 1 aliphatic carbocycles. The van der Waals surface area contributed by atoms with E-state index in [0.29, 0.717) is 11.6 Å². The van der Waals surface area contributed by atoms with E-state index in [-0.39, 0.29) is 0 Å². The molecule has 1 saturated heterocycles. The molecule has 0 bridgehead atoms. The second-order valence-corrected chi connectivity index (χ2v) is 6.92. The Hall–Kier alpha value is -0.730. The summed E-state index contributed by atoms with van der Waals surface area (Å²) in [6.07, 6.45) is 6.50. The van der Waals surface area contributed by atoms with Crippen molar-refractivity contribution in [2.45, 2.75) is 57.5 Å². The quantitative estimate of drug-likeness (QED) is 0.881. The molecule has 1 N–H and O–H groups in total. The van der Waals surface area contributed by atoms with Crippen molar-refractivity contribution in [2.24, 2.45) is 0 Å². The number of halogens is 1. The van der Waals surface area contributed by atoms with E-state index in [1.54, 1.807) is 0 Å². The zero-order valence-corrected chi connectivity index (χ0v) is 13.3. The topological polar surface area (TPSA) is 15.3 Å². The number of aryl methyl sites for hydroxylation is 1. The Kier molecular flexibility index (Phi) is 3.96. The van der Waals surface area contributed by atoms with E-state index >= 15 is 0 Å². The Morgan fingerprint density at radius 1 is 1.35 bits per heavy atom. The van der Waals surface area contributed by atoms with E-state index in [2.05, 4.69) is 42.3 Å². The van der Waals surface area contributed by atoms with Crippen LogP contribution in [0.4, 0.5) is 5.69 Å². The van der Waals surface area contributed by atoms with Gasteiger partial charge in [-0.15, -0.1) is 0 Å². The van der Waals surface area contributed by atoms with Gasteiger partial charge in [-0.3, -0.25) is 0 Å². The number of nitrogens with one attached hydrogen (secondary N) is 1. The lowest BCUT2D eigenvalue weighted by molar-refractivity contribution is 0.267. The van der Waals surface area contributed by atoms with Gasteiger partial charge in [0.1, 0.15) is 0 Å². The SMILES string of the molecule is CCC1CNC2(CCCC2)CN1c1ccc(C)cc1Cl. The Morgan fingerprint density at radius 3 is 2.75 bits per heavy atom. The van der Waals surface area contributed by atoms with Crippen LogP contribution < -0.4 is 10.2 Å². The lowest BCUT2D eigenvalue weighted by Gasteiger charge is -2.47. The van der Waals surface area contributed by atoms with Crippen molar-refractivity contribution in [1.29, 1.82) is 0 Å². The van der Waals surface area contributed by atoms with Crippen LogP contribution in [0.2, 0.25) is 5.02 Å². The number of nitrogens with zero attached hydrogens (tertiary/aromatic N) is 1. The van der Waals surface area contributed by atoms with Crippen LogP contribution in [0.1, 0.15) is 44.6 Å². The van der Waals surface area contributed by atoms with Gasteiger partial charge >= 0.3 is 0 Å². The molecule has 0 radical (unpaired) electrons. The van der Waals surface area contributed by atoms with Crippen molar-refractivity contribution in [2.75, 3.05) is 18.0 Å². The number of piperazine rings is 1. The molecular weight excluding hydrogens is 268 g/mol. The van der Waals surface area contributed by atoms with Gasteiger partial charge in [0.15, 0.2) is 0 Å². The minimum Gasteiger partial charge on any atom is -0.364 e. The largest absolute Gasteiger partial charge is 0.364 e. The standard InChI is InChI=1S/C17H25ClN2/c1-3-14-11-19-17(8-4-5-9-17)12-20(14)16-7-6-13(2)10-15(16)18/h6-7,10,14,19H,3-5,8-9,11-12H2,1-2H3. The normalized spacial score (nSPS) is 25.4. The second-order valence-electron chi connectivity index (χ2n) is 6.51. The maximum Gasteiger partial charge on any atom is 0.0642 e. The minimum absolute atomic E-state index is 0.333. The zero-order valence-electron chi connectivity index (χ0n) is 12.6. The van der Waals surface area contributed by atoms with Gasteiger partial charge in [-0.05, 0) is 43.9 Å². The molecule has 2 nitrogen and oxygen atoms in total. The third-order valence-electron chi connectivity index (χ3n) is 5.07. The molecule has 0 amide bonds. The first-order chi connectivity index (χ1) is 9.63. The fourth-order valence-electron chi connectivity index (χ4n) is 3.83. The Labute approximate surface area is 127 Å². The van der Waals surface area contributed by atoms with Crippen LogP contribution >= 0.6 is 11.6 Å². The summed E-state index contributed by atoms with van der Waals surface area (Å²) < 4.78 is 0. The molecule has 3 rings (SSSR count). The van der Waals surface area contributed by atoms with Crippen molar-refractivity contribution >= 4 is 17.3 Å². The van der Waals surface area contributed by atoms with Gasteiger partial charge in [0.25, 0.3) is 0 Å². The molecular formula is C17H25ClN2. The summed E-state index contributed by atoms with van der Waals surface area (Å²) in [4.78, 5) is 2.56. The van der Waals surface area contributed by atoms with E-state index in [0.717, 1.165) is 24.5 Å². The van der Waals surface area contributed by atoms with Crippen LogP contribution in [-0.2, 0) is 0 Å². The molecule has 0 aromatic heterocycles. The highest BCUT2D eigenvalue weighted by Crippen LogP contribution is 2.37. The first kappa shape index (κ1) is 14.2. The highest BCUT2D eigenvalue weighted by molar-refractivity contribution is 6.33. The predicted octanol–water partition coefficient (Wildman–Crippen LogP) is 4.15. The molecule has 2 aliphatic rings. The molecule has 1 unspecified atom stereocenters. The van der Waals surface area contributed by atoms with Gasteiger partial charge in [-0.2, -0.15) is 0 Å². The number of hydrogen-bond acceptors (Lipinski definition) is 2. The highest BCUT2D eigenvalue weighted by Gasteiger charge is 2.41. The summed E-state index contributed by atoms with van der Waals surface area (Å²) in [6.45, 7) is 6.56. The smallest absolute Gasteiger partial charge is 0.0642 e. The lowest BCUT2D eigenvalue weighted by atomic mass is 9.91. The lowest BCUT2D eigenvalue weighted by Crippen LogP contribution is -2.63. The highest BCUT2D eigenvalue weighted by atomic mass is 35.5. The predicted molar refractivity (Wildman–Crippen MR) is 86.8 cm³/mol. The van der Waals surface area contributed by atoms with Gasteiger partial charge < -0.3 is 10.2 Å². The molecule has 1 aromatic carbocycles. The van der Waals surface area contributed by atoms with Crippen LogP contribution in [0.25, 0.3) is 0 Å². The van der Waals surface area contributed by atoms with Gasteiger partial charge in [-0.25, -0.2) is 0 Å². The maximum atomic E-state index is 6.52. The molecule has 1 aromatic rings. The Bertz CT molecular complexity index is 480. The van der Waals surface area contributed by atoms with Crippen LogP contribution in [0, 0.1) is 6.92 Å². The molecule has 1 spiro atoms. The van der Waals surface area contributed by atoms with Crippen LogP contribution in [0.3, 0.4) is 0 Å². The van der Waals surface area contributed by atoms with Gasteiger partial charge in [0.2, 0.25) is 0 Å². The fraction of sp³-hybridized carbons (Fsp3) is 0.647. The monoisotopic (exact) mass is 292 g/mol. The summed E-state index contributed by atoms with van der Waals surface area (Å²) in [5.41, 5.74) is 2.79. The molecule has 110 valence electrons. The number of anilines is 1. The third-order valence-corrected chi connectivity index (χ3v) is 5.37. The van der Waals surface area contributed by atoms with E-state index in [1.165, 1.54) is 36.9 Å². The van der Waals surface area contributed by atoms with Crippen molar-refractivity contribution in [1.82, 2.24) is 5.32 Å². The van der Waals surface area contributed by atoms with Crippen LogP contribution in [0.15, 0.2) is 18.2 Å². The van der Waals surface area contributed by atoms with Crippen molar-refractivity contribution < 1.29 is 0 Å². The molecule has 20 heavy (non-hydrogen) atoms. The van der Waals surface area contributed by atoms with E-state index in [1.807, 2.05) is 0 Å². The molecule has 1 saturated carbocycles. The first-order valence-electron chi connectivity index (χ1n) is 7.91. The first-order valence-corrected chi connectivity index (χ1v) is 8.29. The summed E-state index contributed by atoms with van der Waals surface area (Å²) in [5.74, 6) is 0. The summed E-state index contributed by atoms with van der Waals surface area (Å²) in [6, 6.07) is 7.03. The van der Waals surface area contributed by atoms with E-state index < -0.39 is 0 Å². The summed E-state index contributed by atoms with van der Waals surface area (Å²) in [5, 5.41) is 4.74. The van der Waals surface area contributed by atoms with Gasteiger partial charge in [-0.1, -0.05) is 37.4 Å². The summed E-state index contributed by atoms with van der Waals surface area (Å²) >= 11 is 6.52. The fourth-order valence-corrected chi connectivity index (χ4v) is 4.18. The van der Waals surface area contributed by atoms with E-state index in [4.69, 9.17) is 11.6 Å². The molecule has 2 fully saturated rings. The Morgan fingerprint density at radius 2 is 2.10 bits per heavy atom. The van der Waals surface area contributed by atoms with Gasteiger partial charge in [0, 0.05) is 24.7 Å². The minimum atomic E-state index is 0.333. The number of benzene rings is 1. The Balaban J connectivity index is 1.90. The summed E-state index contributed by atoms with van der Waals surface area (Å²) in [7, 11) is 0. The number of rotatable bonds is 2. The van der Waals surface area contributed by atoms with Crippen molar-refractivity contribution in [3.8, 4) is 0 Å². The molecule has 3 heteroatoms. The molecule has 1 heterocycles. The van der Waals surface area contributed by atoms with E-state index in [9.17, 15) is 0 Å². The maximum absolute atomic E-state index is 6.52. The molecule has 1 atom stereocenters. The van der Waals surface area contributed by atoms with Crippen molar-refractivity contribution in [3.63, 3.8) is 0 Å². The average Bonchev–Trinajstić information content (AvgIpc) is 2.87. The average molecular weight is 293 g/mol. The van der Waals surface area contributed by atoms with Crippen LogP contribution in [-0.4, -0.2) is 24.7 Å². The van der Waals surface area contributed by atoms with Crippen molar-refractivity contribution in [3.05, 3.63) is 28.8 Å². The second kappa shape index (κ2) is 5.57. The number of hydrogen-bond donors (Lipinski definition) is 1. The third kappa shape index (κ3) is 2.56. The molecule has 1 aliphatic heterocycles. The van der Waals surface area contributed by atoms with Gasteiger partial charge in [0.05, 0.1) is 10.7 Å². The zero-order chi connectivity index (χ0) is 14.2. The van der Waals surface area contributed by atoms with Crippen LogP contribution in [0.5, 0.6) is 0 Å².